The average molecular weight is 231 g/mol. The summed E-state index contributed by atoms with van der Waals surface area (Å²) in [5.41, 5.74) is 6.28. The zero-order valence-electron chi connectivity index (χ0n) is 9.43. The molecule has 1 heterocycles. The first-order chi connectivity index (χ1) is 8.15. The van der Waals surface area contributed by atoms with Crippen LogP contribution in [0.5, 0.6) is 5.75 Å². The summed E-state index contributed by atoms with van der Waals surface area (Å²) in [6.45, 7) is 2.21. The van der Waals surface area contributed by atoms with Crippen molar-refractivity contribution in [3.05, 3.63) is 52.2 Å². The number of aryl methyl sites for hydroxylation is 1. The predicted octanol–water partition coefficient (Wildman–Crippen LogP) is 1.24. The van der Waals surface area contributed by atoms with Crippen LogP contribution in [0.15, 0.2) is 35.3 Å². The van der Waals surface area contributed by atoms with Crippen molar-refractivity contribution in [2.75, 3.05) is 5.73 Å². The number of aromatic amines is 1. The van der Waals surface area contributed by atoms with E-state index in [-0.39, 0.29) is 17.9 Å². The Morgan fingerprint density at radius 2 is 2.06 bits per heavy atom. The number of aromatic nitrogens is 2. The average Bonchev–Trinajstić information content (AvgIpc) is 2.33. The number of anilines is 1. The maximum atomic E-state index is 11.2. The summed E-state index contributed by atoms with van der Waals surface area (Å²) in [5.74, 6) is 1.18. The number of H-pyrrole nitrogens is 1. The van der Waals surface area contributed by atoms with Gasteiger partial charge >= 0.3 is 0 Å². The van der Waals surface area contributed by atoms with Gasteiger partial charge in [-0.05, 0) is 19.1 Å². The van der Waals surface area contributed by atoms with Crippen LogP contribution >= 0.6 is 0 Å². The van der Waals surface area contributed by atoms with Crippen LogP contribution in [0.2, 0.25) is 0 Å². The number of ether oxygens (including phenoxy) is 1. The Morgan fingerprint density at radius 3 is 2.71 bits per heavy atom. The fraction of sp³-hybridized carbons (Fsp3) is 0.167. The molecule has 2 rings (SSSR count). The van der Waals surface area contributed by atoms with E-state index >= 15 is 0 Å². The summed E-state index contributed by atoms with van der Waals surface area (Å²) >= 11 is 0. The molecular formula is C12H13N3O2. The molecule has 88 valence electrons. The highest BCUT2D eigenvalue weighted by Gasteiger charge is 2.00. The Morgan fingerprint density at radius 1 is 1.35 bits per heavy atom. The monoisotopic (exact) mass is 231 g/mol. The minimum absolute atomic E-state index is 0.101. The second kappa shape index (κ2) is 4.69. The van der Waals surface area contributed by atoms with E-state index in [2.05, 4.69) is 9.97 Å². The van der Waals surface area contributed by atoms with E-state index < -0.39 is 0 Å². The molecule has 0 aliphatic heterocycles. The number of rotatable bonds is 3. The van der Waals surface area contributed by atoms with Crippen molar-refractivity contribution in [1.82, 2.24) is 9.97 Å². The topological polar surface area (TPSA) is 81.0 Å². The van der Waals surface area contributed by atoms with Gasteiger partial charge in [0.25, 0.3) is 5.56 Å². The summed E-state index contributed by atoms with van der Waals surface area (Å²) < 4.78 is 5.47. The molecule has 2 aromatic rings. The molecule has 0 saturated heterocycles. The van der Waals surface area contributed by atoms with Crippen molar-refractivity contribution in [2.24, 2.45) is 0 Å². The largest absolute Gasteiger partial charge is 0.486 e. The summed E-state index contributed by atoms with van der Waals surface area (Å²) in [4.78, 5) is 17.7. The van der Waals surface area contributed by atoms with E-state index in [1.807, 2.05) is 31.2 Å². The first-order valence-electron chi connectivity index (χ1n) is 5.18. The van der Waals surface area contributed by atoms with Crippen LogP contribution in [-0.2, 0) is 6.61 Å². The molecule has 0 aliphatic carbocycles. The number of nitrogens with one attached hydrogen (secondary N) is 1. The quantitative estimate of drug-likeness (QED) is 0.832. The van der Waals surface area contributed by atoms with Gasteiger partial charge in [-0.25, -0.2) is 4.98 Å². The first-order valence-corrected chi connectivity index (χ1v) is 5.18. The molecule has 3 N–H and O–H groups in total. The van der Waals surface area contributed by atoms with Crippen molar-refractivity contribution in [1.29, 1.82) is 0 Å². The minimum atomic E-state index is -0.345. The molecule has 17 heavy (non-hydrogen) atoms. The lowest BCUT2D eigenvalue weighted by atomic mass is 10.2. The zero-order valence-corrected chi connectivity index (χ0v) is 9.43. The van der Waals surface area contributed by atoms with Gasteiger partial charge in [0.05, 0.1) is 6.20 Å². The standard InChI is InChI=1S/C12H13N3O2/c1-8-2-4-9(5-3-8)17-7-11-14-6-10(13)12(16)15-11/h2-6H,7,13H2,1H3,(H,14,15,16). The zero-order chi connectivity index (χ0) is 12.3. The van der Waals surface area contributed by atoms with Gasteiger partial charge in [-0.3, -0.25) is 4.79 Å². The lowest BCUT2D eigenvalue weighted by Crippen LogP contribution is -2.16. The Bertz CT molecular complexity index is 561. The molecule has 0 aliphatic rings. The van der Waals surface area contributed by atoms with Crippen LogP contribution in [0.3, 0.4) is 0 Å². The van der Waals surface area contributed by atoms with Crippen LogP contribution in [0.1, 0.15) is 11.4 Å². The number of nitrogen functional groups attached to an aromatic ring is 1. The van der Waals surface area contributed by atoms with Gasteiger partial charge in [0.2, 0.25) is 0 Å². The van der Waals surface area contributed by atoms with E-state index in [0.29, 0.717) is 5.82 Å². The van der Waals surface area contributed by atoms with E-state index in [1.165, 1.54) is 6.20 Å². The van der Waals surface area contributed by atoms with Gasteiger partial charge in [-0.15, -0.1) is 0 Å². The molecule has 0 amide bonds. The molecule has 5 nitrogen and oxygen atoms in total. The lowest BCUT2D eigenvalue weighted by Gasteiger charge is -2.05. The Labute approximate surface area is 98.3 Å². The highest BCUT2D eigenvalue weighted by atomic mass is 16.5. The van der Waals surface area contributed by atoms with E-state index in [1.54, 1.807) is 0 Å². The summed E-state index contributed by atoms with van der Waals surface area (Å²) in [6.07, 6.45) is 1.33. The molecule has 0 atom stereocenters. The predicted molar refractivity (Wildman–Crippen MR) is 64.8 cm³/mol. The van der Waals surface area contributed by atoms with Crippen molar-refractivity contribution < 1.29 is 4.74 Å². The molecule has 0 unspecified atom stereocenters. The number of nitrogens with two attached hydrogens (primary N) is 1. The van der Waals surface area contributed by atoms with Gasteiger partial charge in [0, 0.05) is 0 Å². The Kier molecular flexibility index (Phi) is 3.09. The molecule has 0 bridgehead atoms. The summed E-state index contributed by atoms with van der Waals surface area (Å²) in [6, 6.07) is 7.64. The van der Waals surface area contributed by atoms with Gasteiger partial charge in [0.15, 0.2) is 0 Å². The lowest BCUT2D eigenvalue weighted by molar-refractivity contribution is 0.295. The van der Waals surface area contributed by atoms with E-state index in [0.717, 1.165) is 11.3 Å². The SMILES string of the molecule is Cc1ccc(OCc2ncc(N)c(=O)[nH]2)cc1. The molecular weight excluding hydrogens is 218 g/mol. The van der Waals surface area contributed by atoms with Crippen molar-refractivity contribution >= 4 is 5.69 Å². The van der Waals surface area contributed by atoms with Crippen molar-refractivity contribution in [3.63, 3.8) is 0 Å². The molecule has 1 aromatic carbocycles. The molecule has 0 saturated carbocycles. The van der Waals surface area contributed by atoms with Crippen LogP contribution in [0.4, 0.5) is 5.69 Å². The highest BCUT2D eigenvalue weighted by molar-refractivity contribution is 5.30. The summed E-state index contributed by atoms with van der Waals surface area (Å²) in [5, 5.41) is 0. The summed E-state index contributed by atoms with van der Waals surface area (Å²) in [7, 11) is 0. The number of nitrogens with zero attached hydrogens (tertiary/aromatic N) is 1. The second-order valence-electron chi connectivity index (χ2n) is 3.72. The number of benzene rings is 1. The third kappa shape index (κ3) is 2.84. The first kappa shape index (κ1) is 11.2. The number of hydrogen-bond donors (Lipinski definition) is 2. The molecule has 0 fully saturated rings. The number of hydrogen-bond acceptors (Lipinski definition) is 4. The normalized spacial score (nSPS) is 10.2. The molecule has 0 radical (unpaired) electrons. The van der Waals surface area contributed by atoms with Gasteiger partial charge in [-0.1, -0.05) is 17.7 Å². The molecule has 0 spiro atoms. The highest BCUT2D eigenvalue weighted by Crippen LogP contribution is 2.12. The fourth-order valence-electron chi connectivity index (χ4n) is 1.30. The maximum absolute atomic E-state index is 11.2. The van der Waals surface area contributed by atoms with Crippen LogP contribution < -0.4 is 16.0 Å². The van der Waals surface area contributed by atoms with Crippen LogP contribution in [0, 0.1) is 6.92 Å². The second-order valence-corrected chi connectivity index (χ2v) is 3.72. The Balaban J connectivity index is 2.04. The van der Waals surface area contributed by atoms with Gasteiger partial charge in [-0.2, -0.15) is 0 Å². The smallest absolute Gasteiger partial charge is 0.274 e. The van der Waals surface area contributed by atoms with Crippen LogP contribution in [0.25, 0.3) is 0 Å². The third-order valence-corrected chi connectivity index (χ3v) is 2.28. The van der Waals surface area contributed by atoms with Crippen molar-refractivity contribution in [2.45, 2.75) is 13.5 Å². The van der Waals surface area contributed by atoms with E-state index in [4.69, 9.17) is 10.5 Å². The van der Waals surface area contributed by atoms with Crippen molar-refractivity contribution in [3.8, 4) is 5.75 Å². The fourth-order valence-corrected chi connectivity index (χ4v) is 1.30. The molecule has 1 aromatic heterocycles. The van der Waals surface area contributed by atoms with E-state index in [9.17, 15) is 4.79 Å². The Hall–Kier alpha value is -2.30. The minimum Gasteiger partial charge on any atom is -0.486 e. The van der Waals surface area contributed by atoms with Gasteiger partial charge < -0.3 is 15.5 Å². The third-order valence-electron chi connectivity index (χ3n) is 2.28. The van der Waals surface area contributed by atoms with Crippen LogP contribution in [-0.4, -0.2) is 9.97 Å². The maximum Gasteiger partial charge on any atom is 0.274 e. The van der Waals surface area contributed by atoms with Gasteiger partial charge in [0.1, 0.15) is 23.9 Å². The molecule has 5 heteroatoms.